The first-order valence-electron chi connectivity index (χ1n) is 7.36. The Kier molecular flexibility index (Phi) is 4.59. The molecule has 0 aromatic heterocycles. The van der Waals surface area contributed by atoms with Crippen LogP contribution in [0.4, 0.5) is 5.69 Å². The van der Waals surface area contributed by atoms with Crippen LogP contribution in [0.25, 0.3) is 0 Å². The molecule has 4 heteroatoms. The van der Waals surface area contributed by atoms with Crippen molar-refractivity contribution in [2.45, 2.75) is 51.0 Å². The molecule has 1 aromatic rings. The summed E-state index contributed by atoms with van der Waals surface area (Å²) in [5.74, 6) is 0.0825. The van der Waals surface area contributed by atoms with E-state index in [0.29, 0.717) is 0 Å². The number of amides is 1. The van der Waals surface area contributed by atoms with E-state index in [1.807, 2.05) is 18.2 Å². The Bertz CT molecular complexity index is 495. The van der Waals surface area contributed by atoms with Gasteiger partial charge in [0.05, 0.1) is 0 Å². The third-order valence-electron chi connectivity index (χ3n) is 4.45. The van der Waals surface area contributed by atoms with Gasteiger partial charge in [-0.05, 0) is 49.9 Å². The Balaban J connectivity index is 0.00000147. The molecule has 1 aliphatic carbocycles. The summed E-state index contributed by atoms with van der Waals surface area (Å²) in [6.45, 7) is 3.16. The van der Waals surface area contributed by atoms with Gasteiger partial charge in [0.15, 0.2) is 0 Å². The van der Waals surface area contributed by atoms with Crippen LogP contribution in [0.3, 0.4) is 0 Å². The van der Waals surface area contributed by atoms with Crippen molar-refractivity contribution in [2.75, 3.05) is 11.9 Å². The smallest absolute Gasteiger partial charge is 0.251 e. The minimum atomic E-state index is -0.00734. The Hall–Kier alpha value is -1.22. The Labute approximate surface area is 126 Å². The average molecular weight is 295 g/mol. The SMILES string of the molecule is CC1(NC(=O)c2ccc3c(c2)CCN3)CCCCC1.Cl. The second kappa shape index (κ2) is 6.04. The maximum Gasteiger partial charge on any atom is 0.251 e. The van der Waals surface area contributed by atoms with Crippen molar-refractivity contribution in [3.05, 3.63) is 29.3 Å². The van der Waals surface area contributed by atoms with Gasteiger partial charge in [0.25, 0.3) is 5.91 Å². The third-order valence-corrected chi connectivity index (χ3v) is 4.45. The number of fused-ring (bicyclic) bond motifs is 1. The van der Waals surface area contributed by atoms with E-state index >= 15 is 0 Å². The molecule has 1 fully saturated rings. The predicted octanol–water partition coefficient (Wildman–Crippen LogP) is 3.53. The lowest BCUT2D eigenvalue weighted by Crippen LogP contribution is -2.47. The Morgan fingerprint density at radius 2 is 2.00 bits per heavy atom. The van der Waals surface area contributed by atoms with E-state index in [4.69, 9.17) is 0 Å². The van der Waals surface area contributed by atoms with E-state index < -0.39 is 0 Å². The highest BCUT2D eigenvalue weighted by Gasteiger charge is 2.28. The van der Waals surface area contributed by atoms with E-state index in [1.54, 1.807) is 0 Å². The molecule has 3 rings (SSSR count). The highest BCUT2D eigenvalue weighted by atomic mass is 35.5. The van der Waals surface area contributed by atoms with Gasteiger partial charge < -0.3 is 10.6 Å². The van der Waals surface area contributed by atoms with E-state index in [9.17, 15) is 4.79 Å². The number of carbonyl (C=O) groups is 1. The molecule has 20 heavy (non-hydrogen) atoms. The summed E-state index contributed by atoms with van der Waals surface area (Å²) in [7, 11) is 0. The quantitative estimate of drug-likeness (QED) is 0.876. The fourth-order valence-corrected chi connectivity index (χ4v) is 3.25. The Morgan fingerprint density at radius 3 is 2.75 bits per heavy atom. The van der Waals surface area contributed by atoms with E-state index in [2.05, 4.69) is 17.6 Å². The second-order valence-electron chi connectivity index (χ2n) is 6.12. The van der Waals surface area contributed by atoms with Gasteiger partial charge in [0, 0.05) is 23.3 Å². The minimum Gasteiger partial charge on any atom is -0.384 e. The zero-order chi connectivity index (χ0) is 13.3. The van der Waals surface area contributed by atoms with Crippen molar-refractivity contribution in [1.82, 2.24) is 5.32 Å². The molecular formula is C16H23ClN2O. The predicted molar refractivity (Wildman–Crippen MR) is 84.8 cm³/mol. The van der Waals surface area contributed by atoms with Crippen LogP contribution in [0, 0.1) is 0 Å². The molecule has 2 N–H and O–H groups in total. The molecule has 0 saturated heterocycles. The molecule has 0 spiro atoms. The molecule has 0 radical (unpaired) electrons. The molecule has 2 aliphatic rings. The third kappa shape index (κ3) is 3.09. The van der Waals surface area contributed by atoms with Crippen molar-refractivity contribution in [2.24, 2.45) is 0 Å². The minimum absolute atomic E-state index is 0. The van der Waals surface area contributed by atoms with E-state index in [0.717, 1.165) is 31.4 Å². The largest absolute Gasteiger partial charge is 0.384 e. The van der Waals surface area contributed by atoms with Crippen LogP contribution < -0.4 is 10.6 Å². The normalized spacial score (nSPS) is 19.4. The average Bonchev–Trinajstić information content (AvgIpc) is 2.86. The summed E-state index contributed by atoms with van der Waals surface area (Å²) in [6, 6.07) is 6.00. The zero-order valence-electron chi connectivity index (χ0n) is 12.0. The van der Waals surface area contributed by atoms with Gasteiger partial charge in [-0.1, -0.05) is 19.3 Å². The van der Waals surface area contributed by atoms with Crippen LogP contribution in [0.5, 0.6) is 0 Å². The van der Waals surface area contributed by atoms with Gasteiger partial charge in [-0.3, -0.25) is 4.79 Å². The molecule has 0 unspecified atom stereocenters. The maximum atomic E-state index is 12.4. The maximum absolute atomic E-state index is 12.4. The number of anilines is 1. The number of benzene rings is 1. The van der Waals surface area contributed by atoms with E-state index in [-0.39, 0.29) is 23.9 Å². The summed E-state index contributed by atoms with van der Waals surface area (Å²) in [5.41, 5.74) is 3.24. The number of rotatable bonds is 2. The molecule has 0 bridgehead atoms. The molecular weight excluding hydrogens is 272 g/mol. The Morgan fingerprint density at radius 1 is 1.25 bits per heavy atom. The first-order chi connectivity index (χ1) is 9.16. The van der Waals surface area contributed by atoms with Crippen LogP contribution in [-0.2, 0) is 6.42 Å². The number of hydrogen-bond donors (Lipinski definition) is 2. The summed E-state index contributed by atoms with van der Waals surface area (Å²) < 4.78 is 0. The number of carbonyl (C=O) groups excluding carboxylic acids is 1. The lowest BCUT2D eigenvalue weighted by atomic mass is 9.83. The van der Waals surface area contributed by atoms with Gasteiger partial charge in [-0.15, -0.1) is 12.4 Å². The lowest BCUT2D eigenvalue weighted by molar-refractivity contribution is 0.0882. The van der Waals surface area contributed by atoms with Crippen LogP contribution in [0.1, 0.15) is 54.9 Å². The fraction of sp³-hybridized carbons (Fsp3) is 0.562. The summed E-state index contributed by atoms with van der Waals surface area (Å²) in [5, 5.41) is 6.57. The highest BCUT2D eigenvalue weighted by molar-refractivity contribution is 5.95. The second-order valence-corrected chi connectivity index (χ2v) is 6.12. The van der Waals surface area contributed by atoms with Crippen LogP contribution in [0.2, 0.25) is 0 Å². The van der Waals surface area contributed by atoms with Crippen molar-refractivity contribution >= 4 is 24.0 Å². The molecule has 1 heterocycles. The summed E-state index contributed by atoms with van der Waals surface area (Å²) >= 11 is 0. The molecule has 1 aromatic carbocycles. The topological polar surface area (TPSA) is 41.1 Å². The molecule has 3 nitrogen and oxygen atoms in total. The van der Waals surface area contributed by atoms with Crippen molar-refractivity contribution < 1.29 is 4.79 Å². The molecule has 1 aliphatic heterocycles. The monoisotopic (exact) mass is 294 g/mol. The van der Waals surface area contributed by atoms with Crippen molar-refractivity contribution in [3.8, 4) is 0 Å². The molecule has 0 atom stereocenters. The van der Waals surface area contributed by atoms with Crippen LogP contribution in [0.15, 0.2) is 18.2 Å². The van der Waals surface area contributed by atoms with Gasteiger partial charge in [-0.2, -0.15) is 0 Å². The number of hydrogen-bond acceptors (Lipinski definition) is 2. The van der Waals surface area contributed by atoms with Gasteiger partial charge in [0.1, 0.15) is 0 Å². The molecule has 1 amide bonds. The van der Waals surface area contributed by atoms with Gasteiger partial charge >= 0.3 is 0 Å². The number of halogens is 1. The summed E-state index contributed by atoms with van der Waals surface area (Å²) in [4.78, 5) is 12.4. The first kappa shape index (κ1) is 15.2. The number of nitrogens with one attached hydrogen (secondary N) is 2. The zero-order valence-corrected chi connectivity index (χ0v) is 12.8. The summed E-state index contributed by atoms with van der Waals surface area (Å²) in [6.07, 6.45) is 6.98. The standard InChI is InChI=1S/C16H22N2O.ClH/c1-16(8-3-2-4-9-16)18-15(19)13-5-6-14-12(11-13)7-10-17-14;/h5-6,11,17H,2-4,7-10H2,1H3,(H,18,19);1H. The van der Waals surface area contributed by atoms with Crippen LogP contribution >= 0.6 is 12.4 Å². The van der Waals surface area contributed by atoms with Gasteiger partial charge in [-0.25, -0.2) is 0 Å². The highest BCUT2D eigenvalue weighted by Crippen LogP contribution is 2.28. The van der Waals surface area contributed by atoms with Crippen molar-refractivity contribution in [3.63, 3.8) is 0 Å². The van der Waals surface area contributed by atoms with Crippen LogP contribution in [-0.4, -0.2) is 18.0 Å². The first-order valence-corrected chi connectivity index (χ1v) is 7.36. The van der Waals surface area contributed by atoms with Gasteiger partial charge in [0.2, 0.25) is 0 Å². The molecule has 1 saturated carbocycles. The fourth-order valence-electron chi connectivity index (χ4n) is 3.25. The van der Waals surface area contributed by atoms with Crippen molar-refractivity contribution in [1.29, 1.82) is 0 Å². The lowest BCUT2D eigenvalue weighted by Gasteiger charge is -2.34. The molecule has 110 valence electrons. The van der Waals surface area contributed by atoms with E-state index in [1.165, 1.54) is 30.5 Å².